The molecule has 0 aliphatic carbocycles. The fraction of sp³-hybridized carbons (Fsp3) is 0.643. The van der Waals surface area contributed by atoms with Crippen molar-refractivity contribution in [2.45, 2.75) is 46.3 Å². The van der Waals surface area contributed by atoms with Gasteiger partial charge in [-0.2, -0.15) is 0 Å². The first-order valence-electron chi connectivity index (χ1n) is 6.95. The van der Waals surface area contributed by atoms with E-state index in [1.165, 1.54) is 0 Å². The van der Waals surface area contributed by atoms with E-state index in [0.717, 1.165) is 5.82 Å². The minimum atomic E-state index is -1.07. The first kappa shape index (κ1) is 15.3. The first-order valence-corrected chi connectivity index (χ1v) is 6.95. The molecule has 1 aromatic heterocycles. The summed E-state index contributed by atoms with van der Waals surface area (Å²) in [5.74, 6) is -0.103. The fourth-order valence-corrected chi connectivity index (χ4v) is 2.12. The third kappa shape index (κ3) is 2.72. The number of hydrogen-bond donors (Lipinski definition) is 2. The van der Waals surface area contributed by atoms with Crippen LogP contribution in [0.15, 0.2) is 12.4 Å². The highest BCUT2D eigenvalue weighted by Crippen LogP contribution is 2.31. The molecule has 2 N–H and O–H groups in total. The van der Waals surface area contributed by atoms with Gasteiger partial charge >= 0.3 is 12.0 Å². The SMILES string of the molecule is CC(C)(NC(=O)N1CCn2ccnc2C1)C(C)(C)C(=O)O. The average molecular weight is 294 g/mol. The smallest absolute Gasteiger partial charge is 0.318 e. The highest BCUT2D eigenvalue weighted by molar-refractivity contribution is 5.79. The summed E-state index contributed by atoms with van der Waals surface area (Å²) in [7, 11) is 0. The van der Waals surface area contributed by atoms with Crippen LogP contribution in [-0.2, 0) is 17.9 Å². The topological polar surface area (TPSA) is 87.5 Å². The molecule has 2 amide bonds. The van der Waals surface area contributed by atoms with Crippen molar-refractivity contribution in [3.63, 3.8) is 0 Å². The van der Waals surface area contributed by atoms with Crippen molar-refractivity contribution >= 4 is 12.0 Å². The van der Waals surface area contributed by atoms with Gasteiger partial charge in [-0.1, -0.05) is 0 Å². The number of nitrogens with one attached hydrogen (secondary N) is 1. The molecule has 0 atom stereocenters. The van der Waals surface area contributed by atoms with Gasteiger partial charge in [0.25, 0.3) is 0 Å². The number of hydrogen-bond acceptors (Lipinski definition) is 3. The van der Waals surface area contributed by atoms with Gasteiger partial charge in [0.2, 0.25) is 0 Å². The number of imidazole rings is 1. The maximum atomic E-state index is 12.4. The molecule has 0 aromatic carbocycles. The van der Waals surface area contributed by atoms with Crippen molar-refractivity contribution in [3.05, 3.63) is 18.2 Å². The van der Waals surface area contributed by atoms with Crippen LogP contribution in [0.5, 0.6) is 0 Å². The van der Waals surface area contributed by atoms with Crippen LogP contribution in [0.4, 0.5) is 4.79 Å². The lowest BCUT2D eigenvalue weighted by molar-refractivity contribution is -0.150. The Morgan fingerprint density at radius 1 is 1.29 bits per heavy atom. The van der Waals surface area contributed by atoms with Gasteiger partial charge in [0.1, 0.15) is 5.82 Å². The zero-order chi connectivity index (χ0) is 15.8. The Kier molecular flexibility index (Phi) is 3.69. The molecule has 7 heteroatoms. The van der Waals surface area contributed by atoms with Gasteiger partial charge in [-0.25, -0.2) is 9.78 Å². The van der Waals surface area contributed by atoms with Crippen molar-refractivity contribution in [1.82, 2.24) is 19.8 Å². The maximum absolute atomic E-state index is 12.4. The fourth-order valence-electron chi connectivity index (χ4n) is 2.12. The number of urea groups is 1. The van der Waals surface area contributed by atoms with Gasteiger partial charge in [-0.3, -0.25) is 4.79 Å². The van der Waals surface area contributed by atoms with Crippen LogP contribution in [0.25, 0.3) is 0 Å². The lowest BCUT2D eigenvalue weighted by atomic mass is 9.74. The Labute approximate surface area is 124 Å². The molecule has 0 saturated heterocycles. The zero-order valence-corrected chi connectivity index (χ0v) is 12.9. The number of fused-ring (bicyclic) bond motifs is 1. The summed E-state index contributed by atoms with van der Waals surface area (Å²) in [5.41, 5.74) is -1.94. The largest absolute Gasteiger partial charge is 0.481 e. The van der Waals surface area contributed by atoms with Crippen molar-refractivity contribution < 1.29 is 14.7 Å². The number of amides is 2. The monoisotopic (exact) mass is 294 g/mol. The van der Waals surface area contributed by atoms with Crippen LogP contribution >= 0.6 is 0 Å². The summed E-state index contributed by atoms with van der Waals surface area (Å²) in [6.45, 7) is 8.39. The second-order valence-corrected chi connectivity index (χ2v) is 6.44. The third-order valence-electron chi connectivity index (χ3n) is 4.55. The van der Waals surface area contributed by atoms with Crippen LogP contribution in [0.1, 0.15) is 33.5 Å². The van der Waals surface area contributed by atoms with Crippen LogP contribution in [0, 0.1) is 5.41 Å². The second kappa shape index (κ2) is 5.05. The van der Waals surface area contributed by atoms with E-state index in [1.54, 1.807) is 38.8 Å². The van der Waals surface area contributed by atoms with E-state index in [-0.39, 0.29) is 6.03 Å². The molecule has 0 saturated carbocycles. The molecular weight excluding hydrogens is 272 g/mol. The lowest BCUT2D eigenvalue weighted by Gasteiger charge is -2.40. The van der Waals surface area contributed by atoms with Gasteiger partial charge in [-0.15, -0.1) is 0 Å². The number of rotatable bonds is 3. The maximum Gasteiger partial charge on any atom is 0.318 e. The number of aliphatic carboxylic acids is 1. The molecule has 1 aromatic rings. The van der Waals surface area contributed by atoms with E-state index in [9.17, 15) is 14.7 Å². The van der Waals surface area contributed by atoms with Gasteiger partial charge in [0, 0.05) is 25.5 Å². The molecule has 116 valence electrons. The van der Waals surface area contributed by atoms with Crippen LogP contribution in [0.2, 0.25) is 0 Å². The number of carboxylic acids is 1. The molecule has 21 heavy (non-hydrogen) atoms. The molecule has 0 spiro atoms. The predicted octanol–water partition coefficient (Wildman–Crippen LogP) is 1.30. The standard InChI is InChI=1S/C14H22N4O3/c1-13(2,11(19)20)14(3,4)16-12(21)18-8-7-17-6-5-15-10(17)9-18/h5-6H,7-9H2,1-4H3,(H,16,21)(H,19,20). The first-order chi connectivity index (χ1) is 9.65. The van der Waals surface area contributed by atoms with Gasteiger partial charge < -0.3 is 19.9 Å². The van der Waals surface area contributed by atoms with Crippen molar-refractivity contribution in [2.75, 3.05) is 6.54 Å². The molecule has 0 unspecified atom stereocenters. The van der Waals surface area contributed by atoms with Crippen LogP contribution in [-0.4, -0.2) is 43.6 Å². The van der Waals surface area contributed by atoms with Gasteiger partial charge in [0.15, 0.2) is 0 Å². The summed E-state index contributed by atoms with van der Waals surface area (Å²) in [5, 5.41) is 12.2. The zero-order valence-electron chi connectivity index (χ0n) is 12.9. The summed E-state index contributed by atoms with van der Waals surface area (Å²) in [4.78, 5) is 29.6. The minimum absolute atomic E-state index is 0.261. The van der Waals surface area contributed by atoms with Crippen molar-refractivity contribution in [3.8, 4) is 0 Å². The van der Waals surface area contributed by atoms with E-state index in [4.69, 9.17) is 0 Å². The van der Waals surface area contributed by atoms with E-state index >= 15 is 0 Å². The minimum Gasteiger partial charge on any atom is -0.481 e. The Bertz CT molecular complexity index is 562. The molecule has 2 heterocycles. The van der Waals surface area contributed by atoms with E-state index in [0.29, 0.717) is 19.6 Å². The van der Waals surface area contributed by atoms with Crippen LogP contribution in [0.3, 0.4) is 0 Å². The molecule has 2 rings (SSSR count). The summed E-state index contributed by atoms with van der Waals surface area (Å²) >= 11 is 0. The summed E-state index contributed by atoms with van der Waals surface area (Å²) in [6.07, 6.45) is 3.61. The van der Waals surface area contributed by atoms with Crippen LogP contribution < -0.4 is 5.32 Å². The van der Waals surface area contributed by atoms with E-state index < -0.39 is 16.9 Å². The molecule has 1 aliphatic heterocycles. The Morgan fingerprint density at radius 2 is 1.95 bits per heavy atom. The third-order valence-corrected chi connectivity index (χ3v) is 4.55. The Balaban J connectivity index is 2.07. The molecule has 0 radical (unpaired) electrons. The number of nitrogens with zero attached hydrogens (tertiary/aromatic N) is 3. The van der Waals surface area contributed by atoms with Crippen molar-refractivity contribution in [2.24, 2.45) is 5.41 Å². The second-order valence-electron chi connectivity index (χ2n) is 6.44. The van der Waals surface area contributed by atoms with Crippen molar-refractivity contribution in [1.29, 1.82) is 0 Å². The number of aromatic nitrogens is 2. The van der Waals surface area contributed by atoms with Gasteiger partial charge in [-0.05, 0) is 27.7 Å². The number of carbonyl (C=O) groups excluding carboxylic acids is 1. The lowest BCUT2D eigenvalue weighted by Crippen LogP contribution is -2.60. The highest BCUT2D eigenvalue weighted by atomic mass is 16.4. The molecule has 0 bridgehead atoms. The van der Waals surface area contributed by atoms with E-state index in [2.05, 4.69) is 10.3 Å². The Hall–Kier alpha value is -2.05. The molecule has 1 aliphatic rings. The highest BCUT2D eigenvalue weighted by Gasteiger charge is 2.45. The number of carbonyl (C=O) groups is 2. The summed E-state index contributed by atoms with van der Waals surface area (Å²) in [6, 6.07) is -0.261. The Morgan fingerprint density at radius 3 is 2.57 bits per heavy atom. The average Bonchev–Trinajstić information content (AvgIpc) is 2.84. The quantitative estimate of drug-likeness (QED) is 0.879. The summed E-state index contributed by atoms with van der Waals surface area (Å²) < 4.78 is 2.01. The molecular formula is C14H22N4O3. The van der Waals surface area contributed by atoms with Gasteiger partial charge in [0.05, 0.1) is 17.5 Å². The molecule has 7 nitrogen and oxygen atoms in total. The predicted molar refractivity (Wildman–Crippen MR) is 76.7 cm³/mol. The number of carboxylic acid groups (broad SMARTS) is 1. The molecule has 0 fully saturated rings. The normalized spacial score (nSPS) is 15.5. The van der Waals surface area contributed by atoms with E-state index in [1.807, 2.05) is 10.8 Å².